The zero-order valence-electron chi connectivity index (χ0n) is 42.0. The van der Waals surface area contributed by atoms with E-state index in [1.807, 2.05) is 0 Å². The molecule has 0 amide bonds. The number of esters is 3. The molecule has 1 atom stereocenters. The van der Waals surface area contributed by atoms with Crippen LogP contribution >= 0.6 is 0 Å². The molecule has 6 nitrogen and oxygen atoms in total. The Balaban J connectivity index is 4.53. The maximum absolute atomic E-state index is 12.8. The molecule has 0 spiro atoms. The van der Waals surface area contributed by atoms with Gasteiger partial charge in [0, 0.05) is 19.3 Å². The van der Waals surface area contributed by atoms with Gasteiger partial charge in [-0.25, -0.2) is 0 Å². The quantitative estimate of drug-likeness (QED) is 0.0262. The zero-order valence-corrected chi connectivity index (χ0v) is 42.0. The van der Waals surface area contributed by atoms with Gasteiger partial charge in [0.2, 0.25) is 0 Å². The minimum absolute atomic E-state index is 0.111. The van der Waals surface area contributed by atoms with Crippen LogP contribution in [0.15, 0.2) is 109 Å². The number of carbonyl (C=O) groups excluding carboxylic acids is 3. The lowest BCUT2D eigenvalue weighted by atomic mass is 10.1. The zero-order chi connectivity index (χ0) is 47.2. The molecule has 65 heavy (non-hydrogen) atoms. The standard InChI is InChI=1S/C59H96O6/c1-4-7-10-13-16-19-22-24-26-28-29-31-32-34-37-40-43-46-49-52-58(61)64-55-56(54-63-57(60)51-48-45-42-39-36-21-18-15-12-9-6-3)65-59(62)53-50-47-44-41-38-35-33-30-27-25-23-20-17-14-11-8-5-2/h8,11,16-17,19-20,24-27,29,31,33-35,37,41,44,56H,4-7,9-10,12-15,18,21-23,28,30,32,36,38-40,42-43,45-55H2,1-3H3/b11-8-,19-16-,20-17-,26-24-,27-25-,31-29-,35-33-,37-34-,44-41-/t56-/m1/s1. The van der Waals surface area contributed by atoms with E-state index in [0.717, 1.165) is 103 Å². The number of ether oxygens (including phenoxy) is 3. The summed E-state index contributed by atoms with van der Waals surface area (Å²) in [6, 6.07) is 0. The Morgan fingerprint density at radius 1 is 0.323 bits per heavy atom. The van der Waals surface area contributed by atoms with E-state index in [4.69, 9.17) is 14.2 Å². The van der Waals surface area contributed by atoms with E-state index in [0.29, 0.717) is 19.3 Å². The summed E-state index contributed by atoms with van der Waals surface area (Å²) < 4.78 is 16.7. The predicted molar refractivity (Wildman–Crippen MR) is 279 cm³/mol. The first-order chi connectivity index (χ1) is 32.0. The van der Waals surface area contributed by atoms with Gasteiger partial charge < -0.3 is 14.2 Å². The van der Waals surface area contributed by atoms with Crippen molar-refractivity contribution in [3.8, 4) is 0 Å². The minimum Gasteiger partial charge on any atom is -0.462 e. The first kappa shape index (κ1) is 61.1. The van der Waals surface area contributed by atoms with E-state index >= 15 is 0 Å². The normalized spacial score (nSPS) is 13.0. The predicted octanol–water partition coefficient (Wildman–Crippen LogP) is 17.5. The van der Waals surface area contributed by atoms with Crippen molar-refractivity contribution in [1.82, 2.24) is 0 Å². The fraction of sp³-hybridized carbons (Fsp3) is 0.644. The molecule has 0 bridgehead atoms. The molecule has 0 aromatic rings. The Morgan fingerprint density at radius 3 is 1.02 bits per heavy atom. The summed E-state index contributed by atoms with van der Waals surface area (Å²) in [5, 5.41) is 0. The van der Waals surface area contributed by atoms with Crippen molar-refractivity contribution in [3.63, 3.8) is 0 Å². The van der Waals surface area contributed by atoms with Gasteiger partial charge in [-0.15, -0.1) is 0 Å². The summed E-state index contributed by atoms with van der Waals surface area (Å²) in [7, 11) is 0. The molecule has 6 heteroatoms. The van der Waals surface area contributed by atoms with Crippen LogP contribution in [-0.2, 0) is 28.6 Å². The van der Waals surface area contributed by atoms with Gasteiger partial charge >= 0.3 is 17.9 Å². The van der Waals surface area contributed by atoms with Crippen molar-refractivity contribution in [2.24, 2.45) is 0 Å². The Bertz CT molecular complexity index is 1360. The SMILES string of the molecule is CC/C=C\C/C=C\C/C=C\C/C=C\C/C=C\CCCC(=O)O[C@@H](COC(=O)CCCCC/C=C\C/C=C\C/C=C\C/C=C\CCCCC)COC(=O)CCCCCCCCCCCCC. The third-order valence-electron chi connectivity index (χ3n) is 10.8. The van der Waals surface area contributed by atoms with E-state index in [1.165, 1.54) is 77.0 Å². The topological polar surface area (TPSA) is 78.9 Å². The molecule has 0 aliphatic rings. The molecule has 0 aliphatic heterocycles. The average molecular weight is 901 g/mol. The van der Waals surface area contributed by atoms with Crippen LogP contribution in [0.3, 0.4) is 0 Å². The molecule has 0 saturated heterocycles. The van der Waals surface area contributed by atoms with Crippen molar-refractivity contribution >= 4 is 17.9 Å². The Morgan fingerprint density at radius 2 is 0.615 bits per heavy atom. The second-order valence-electron chi connectivity index (χ2n) is 17.1. The van der Waals surface area contributed by atoms with Gasteiger partial charge in [-0.3, -0.25) is 14.4 Å². The maximum Gasteiger partial charge on any atom is 0.306 e. The van der Waals surface area contributed by atoms with Gasteiger partial charge in [-0.1, -0.05) is 214 Å². The molecule has 0 aliphatic carbocycles. The lowest BCUT2D eigenvalue weighted by Gasteiger charge is -2.18. The number of hydrogen-bond donors (Lipinski definition) is 0. The molecule has 0 aromatic carbocycles. The molecule has 0 aromatic heterocycles. The molecule has 0 N–H and O–H groups in total. The highest BCUT2D eigenvalue weighted by Crippen LogP contribution is 2.13. The second kappa shape index (κ2) is 52.7. The van der Waals surface area contributed by atoms with E-state index in [-0.39, 0.29) is 37.5 Å². The molecule has 0 rings (SSSR count). The Kier molecular flexibility index (Phi) is 49.5. The van der Waals surface area contributed by atoms with Crippen LogP contribution in [0.2, 0.25) is 0 Å². The van der Waals surface area contributed by atoms with Gasteiger partial charge in [0.15, 0.2) is 6.10 Å². The lowest BCUT2D eigenvalue weighted by Crippen LogP contribution is -2.30. The average Bonchev–Trinajstić information content (AvgIpc) is 3.30. The van der Waals surface area contributed by atoms with Crippen molar-refractivity contribution in [3.05, 3.63) is 109 Å². The summed E-state index contributed by atoms with van der Waals surface area (Å²) in [4.78, 5) is 38.0. The van der Waals surface area contributed by atoms with Crippen LogP contribution in [0.25, 0.3) is 0 Å². The number of hydrogen-bond acceptors (Lipinski definition) is 6. The molecule has 368 valence electrons. The fourth-order valence-electron chi connectivity index (χ4n) is 6.81. The lowest BCUT2D eigenvalue weighted by molar-refractivity contribution is -0.167. The second-order valence-corrected chi connectivity index (χ2v) is 17.1. The number of allylic oxidation sites excluding steroid dienone is 18. The highest BCUT2D eigenvalue weighted by molar-refractivity contribution is 5.71. The van der Waals surface area contributed by atoms with Crippen molar-refractivity contribution in [1.29, 1.82) is 0 Å². The molecule has 0 unspecified atom stereocenters. The van der Waals surface area contributed by atoms with E-state index < -0.39 is 6.10 Å². The van der Waals surface area contributed by atoms with Gasteiger partial charge in [-0.05, 0) is 103 Å². The minimum atomic E-state index is -0.820. The van der Waals surface area contributed by atoms with Crippen molar-refractivity contribution in [2.75, 3.05) is 13.2 Å². The molecule has 0 radical (unpaired) electrons. The van der Waals surface area contributed by atoms with Gasteiger partial charge in [0.25, 0.3) is 0 Å². The van der Waals surface area contributed by atoms with Crippen LogP contribution < -0.4 is 0 Å². The summed E-state index contributed by atoms with van der Waals surface area (Å²) in [5.41, 5.74) is 0. The third kappa shape index (κ3) is 50.9. The maximum atomic E-state index is 12.8. The van der Waals surface area contributed by atoms with E-state index in [9.17, 15) is 14.4 Å². The highest BCUT2D eigenvalue weighted by Gasteiger charge is 2.19. The van der Waals surface area contributed by atoms with Crippen LogP contribution in [0.1, 0.15) is 226 Å². The van der Waals surface area contributed by atoms with Gasteiger partial charge in [-0.2, -0.15) is 0 Å². The monoisotopic (exact) mass is 901 g/mol. The van der Waals surface area contributed by atoms with E-state index in [1.54, 1.807) is 0 Å². The molecule has 0 fully saturated rings. The van der Waals surface area contributed by atoms with Crippen LogP contribution in [-0.4, -0.2) is 37.2 Å². The van der Waals surface area contributed by atoms with Gasteiger partial charge in [0.1, 0.15) is 13.2 Å². The Hall–Kier alpha value is -3.93. The van der Waals surface area contributed by atoms with Crippen molar-refractivity contribution < 1.29 is 28.6 Å². The number of carbonyl (C=O) groups is 3. The third-order valence-corrected chi connectivity index (χ3v) is 10.8. The van der Waals surface area contributed by atoms with Crippen LogP contribution in [0.5, 0.6) is 0 Å². The van der Waals surface area contributed by atoms with E-state index in [2.05, 4.69) is 130 Å². The molecule has 0 saturated carbocycles. The largest absolute Gasteiger partial charge is 0.462 e. The number of rotatable bonds is 46. The summed E-state index contributed by atoms with van der Waals surface area (Å²) in [6.07, 6.45) is 70.8. The summed E-state index contributed by atoms with van der Waals surface area (Å²) >= 11 is 0. The molecular formula is C59H96O6. The van der Waals surface area contributed by atoms with Crippen molar-refractivity contribution in [2.45, 2.75) is 232 Å². The molecular weight excluding hydrogens is 805 g/mol. The fourth-order valence-corrected chi connectivity index (χ4v) is 6.81. The number of unbranched alkanes of at least 4 members (excludes halogenated alkanes) is 17. The van der Waals surface area contributed by atoms with Crippen LogP contribution in [0.4, 0.5) is 0 Å². The highest BCUT2D eigenvalue weighted by atomic mass is 16.6. The Labute approximate surface area is 400 Å². The summed E-state index contributed by atoms with van der Waals surface area (Å²) in [6.45, 7) is 6.40. The molecule has 0 heterocycles. The first-order valence-corrected chi connectivity index (χ1v) is 26.4. The smallest absolute Gasteiger partial charge is 0.306 e. The summed E-state index contributed by atoms with van der Waals surface area (Å²) in [5.74, 6) is -1.01. The van der Waals surface area contributed by atoms with Crippen LogP contribution in [0, 0.1) is 0 Å². The first-order valence-electron chi connectivity index (χ1n) is 26.4. The van der Waals surface area contributed by atoms with Gasteiger partial charge in [0.05, 0.1) is 0 Å².